The van der Waals surface area contributed by atoms with E-state index in [9.17, 15) is 0 Å². The number of rotatable bonds is 14. The molecular weight excluding hydrogens is 580 g/mol. The summed E-state index contributed by atoms with van der Waals surface area (Å²) in [6, 6.07) is 42.8. The summed E-state index contributed by atoms with van der Waals surface area (Å²) < 4.78 is 33.3. The monoisotopic (exact) mass is 618 g/mol. The van der Waals surface area contributed by atoms with Crippen LogP contribution in [0, 0.1) is 0 Å². The zero-order valence-corrected chi connectivity index (χ0v) is 26.0. The smallest absolute Gasteiger partial charge is 0.150 e. The van der Waals surface area contributed by atoms with Crippen LogP contribution in [0.5, 0.6) is 0 Å². The predicted molar refractivity (Wildman–Crippen MR) is 178 cm³/mol. The van der Waals surface area contributed by atoms with Crippen molar-refractivity contribution in [3.8, 4) is 0 Å². The second-order valence-electron chi connectivity index (χ2n) is 11.0. The fourth-order valence-electron chi connectivity index (χ4n) is 5.34. The molecule has 2 heterocycles. The van der Waals surface area contributed by atoms with Gasteiger partial charge in [-0.25, -0.2) is 0 Å². The van der Waals surface area contributed by atoms with E-state index in [1.165, 1.54) is 0 Å². The summed E-state index contributed by atoms with van der Waals surface area (Å²) >= 11 is 1.64. The van der Waals surface area contributed by atoms with E-state index in [0.717, 1.165) is 27.8 Å². The molecule has 6 heteroatoms. The summed E-state index contributed by atoms with van der Waals surface area (Å²) in [4.78, 5) is 0. The zero-order valence-electron chi connectivity index (χ0n) is 25.2. The van der Waals surface area contributed by atoms with Crippen LogP contribution in [0.25, 0.3) is 6.08 Å². The molecule has 0 amide bonds. The van der Waals surface area contributed by atoms with Crippen molar-refractivity contribution < 1.29 is 23.7 Å². The summed E-state index contributed by atoms with van der Waals surface area (Å²) in [5, 5.41) is 4.16. The van der Waals surface area contributed by atoms with Gasteiger partial charge in [0.05, 0.1) is 33.0 Å². The van der Waals surface area contributed by atoms with Crippen LogP contribution in [0.15, 0.2) is 144 Å². The molecule has 5 aromatic rings. The van der Waals surface area contributed by atoms with E-state index in [1.54, 1.807) is 11.3 Å². The highest BCUT2D eigenvalue weighted by atomic mass is 32.1. The molecule has 4 atom stereocenters. The summed E-state index contributed by atoms with van der Waals surface area (Å²) in [5.41, 5.74) is 5.38. The van der Waals surface area contributed by atoms with Crippen LogP contribution in [0.3, 0.4) is 0 Å². The Morgan fingerprint density at radius 3 is 1.56 bits per heavy atom. The molecule has 0 radical (unpaired) electrons. The molecule has 0 bridgehead atoms. The molecule has 4 aromatic carbocycles. The Balaban J connectivity index is 1.32. The van der Waals surface area contributed by atoms with Crippen molar-refractivity contribution in [2.24, 2.45) is 0 Å². The van der Waals surface area contributed by atoms with E-state index in [2.05, 4.69) is 71.4 Å². The van der Waals surface area contributed by atoms with Crippen LogP contribution < -0.4 is 0 Å². The van der Waals surface area contributed by atoms with E-state index in [-0.39, 0.29) is 0 Å². The van der Waals surface area contributed by atoms with Gasteiger partial charge in [-0.3, -0.25) is 0 Å². The van der Waals surface area contributed by atoms with Gasteiger partial charge in [-0.1, -0.05) is 121 Å². The molecule has 0 N–H and O–H groups in total. The van der Waals surface area contributed by atoms with Crippen molar-refractivity contribution >= 4 is 17.4 Å². The van der Waals surface area contributed by atoms with Crippen molar-refractivity contribution in [3.63, 3.8) is 0 Å². The molecule has 6 rings (SSSR count). The third-order valence-corrected chi connectivity index (χ3v) is 8.35. The van der Waals surface area contributed by atoms with Crippen LogP contribution in [-0.4, -0.2) is 31.0 Å². The first kappa shape index (κ1) is 31.0. The lowest BCUT2D eigenvalue weighted by molar-refractivity contribution is -0.222. The SMILES string of the molecule is C(=C1/O[C@H](COCc2ccccc2)[C@H](OCc2ccccc2)[C@H](OCc2ccccc2)[C@H]1OCc1ccccc1)/c1ccsc1. The lowest BCUT2D eigenvalue weighted by Crippen LogP contribution is -2.56. The summed E-state index contributed by atoms with van der Waals surface area (Å²) in [5.74, 6) is 0.704. The number of hydrogen-bond donors (Lipinski definition) is 0. The van der Waals surface area contributed by atoms with Gasteiger partial charge >= 0.3 is 0 Å². The van der Waals surface area contributed by atoms with Gasteiger partial charge in [0.15, 0.2) is 6.10 Å². The lowest BCUT2D eigenvalue weighted by Gasteiger charge is -2.43. The minimum absolute atomic E-state index is 0.325. The van der Waals surface area contributed by atoms with Crippen LogP contribution in [0.2, 0.25) is 0 Å². The maximum atomic E-state index is 6.79. The Morgan fingerprint density at radius 1 is 0.556 bits per heavy atom. The summed E-state index contributed by atoms with van der Waals surface area (Å²) in [7, 11) is 0. The standard InChI is InChI=1S/C39H38O5S/c1-5-13-30(14-6-1)24-40-28-36-38(42-26-32-17-9-3-10-18-32)39(43-27-33-19-11-4-12-20-33)37(41-25-31-15-7-2-8-16-31)35(44-36)23-34-21-22-45-29-34/h1-23,29,36-39H,24-28H2/b35-23-/t36-,37+,38+,39-/m1/s1. The van der Waals surface area contributed by atoms with E-state index >= 15 is 0 Å². The van der Waals surface area contributed by atoms with Gasteiger partial charge in [-0.15, -0.1) is 0 Å². The molecule has 0 saturated carbocycles. The molecule has 1 fully saturated rings. The van der Waals surface area contributed by atoms with Crippen molar-refractivity contribution in [1.82, 2.24) is 0 Å². The maximum absolute atomic E-state index is 6.79. The molecule has 0 aliphatic carbocycles. The summed E-state index contributed by atoms with van der Waals surface area (Å²) in [6.45, 7) is 2.02. The number of hydrogen-bond acceptors (Lipinski definition) is 6. The second-order valence-corrected chi connectivity index (χ2v) is 11.8. The Morgan fingerprint density at radius 2 is 1.04 bits per heavy atom. The van der Waals surface area contributed by atoms with E-state index < -0.39 is 24.4 Å². The minimum Gasteiger partial charge on any atom is -0.487 e. The second kappa shape index (κ2) is 16.3. The minimum atomic E-state index is -0.514. The first-order chi connectivity index (χ1) is 22.3. The molecule has 45 heavy (non-hydrogen) atoms. The molecule has 1 aliphatic rings. The van der Waals surface area contributed by atoms with Crippen LogP contribution in [0.4, 0.5) is 0 Å². The zero-order chi connectivity index (χ0) is 30.5. The summed E-state index contributed by atoms with van der Waals surface area (Å²) in [6.07, 6.45) is 0.175. The molecule has 0 spiro atoms. The maximum Gasteiger partial charge on any atom is 0.150 e. The van der Waals surface area contributed by atoms with E-state index in [4.69, 9.17) is 23.7 Å². The highest BCUT2D eigenvalue weighted by Gasteiger charge is 2.46. The van der Waals surface area contributed by atoms with Crippen LogP contribution in [0.1, 0.15) is 27.8 Å². The van der Waals surface area contributed by atoms with Crippen molar-refractivity contribution in [3.05, 3.63) is 172 Å². The third-order valence-electron chi connectivity index (χ3n) is 7.65. The van der Waals surface area contributed by atoms with Crippen molar-refractivity contribution in [2.45, 2.75) is 50.8 Å². The molecule has 1 aromatic heterocycles. The van der Waals surface area contributed by atoms with Gasteiger partial charge < -0.3 is 23.7 Å². The Labute approximate surface area is 269 Å². The quantitative estimate of drug-likeness (QED) is 0.125. The van der Waals surface area contributed by atoms with Crippen LogP contribution in [-0.2, 0) is 50.1 Å². The van der Waals surface area contributed by atoms with E-state index in [1.807, 2.05) is 72.8 Å². The highest BCUT2D eigenvalue weighted by Crippen LogP contribution is 2.34. The number of benzene rings is 4. The molecule has 1 saturated heterocycles. The molecular formula is C39H38O5S. The number of thiophene rings is 1. The van der Waals surface area contributed by atoms with Gasteiger partial charge in [0.1, 0.15) is 24.1 Å². The van der Waals surface area contributed by atoms with Crippen LogP contribution >= 0.6 is 11.3 Å². The first-order valence-electron chi connectivity index (χ1n) is 15.3. The van der Waals surface area contributed by atoms with Gasteiger partial charge in [0.2, 0.25) is 0 Å². The Kier molecular flexibility index (Phi) is 11.2. The van der Waals surface area contributed by atoms with Crippen molar-refractivity contribution in [1.29, 1.82) is 0 Å². The van der Waals surface area contributed by atoms with Crippen molar-refractivity contribution in [2.75, 3.05) is 6.61 Å². The predicted octanol–water partition coefficient (Wildman–Crippen LogP) is 8.46. The van der Waals surface area contributed by atoms with E-state index in [0.29, 0.717) is 38.8 Å². The average molecular weight is 619 g/mol. The fourth-order valence-corrected chi connectivity index (χ4v) is 5.96. The van der Waals surface area contributed by atoms with Gasteiger partial charge in [-0.05, 0) is 50.7 Å². The first-order valence-corrected chi connectivity index (χ1v) is 16.2. The highest BCUT2D eigenvalue weighted by molar-refractivity contribution is 7.08. The topological polar surface area (TPSA) is 46.2 Å². The third kappa shape index (κ3) is 9.01. The fraction of sp³-hybridized carbons (Fsp3) is 0.231. The Hall–Kier alpha value is -4.04. The molecule has 5 nitrogen and oxygen atoms in total. The van der Waals surface area contributed by atoms with Gasteiger partial charge in [0, 0.05) is 0 Å². The van der Waals surface area contributed by atoms with Gasteiger partial charge in [-0.2, -0.15) is 11.3 Å². The number of ether oxygens (including phenoxy) is 5. The normalized spacial score (nSPS) is 20.6. The molecule has 230 valence electrons. The van der Waals surface area contributed by atoms with Gasteiger partial charge in [0.25, 0.3) is 0 Å². The lowest BCUT2D eigenvalue weighted by atomic mass is 9.96. The largest absolute Gasteiger partial charge is 0.487 e. The molecule has 1 aliphatic heterocycles. The molecule has 0 unspecified atom stereocenters. The Bertz CT molecular complexity index is 1560. The average Bonchev–Trinajstić information content (AvgIpc) is 3.61.